The minimum Gasteiger partial charge on any atom is -0.381 e. The maximum absolute atomic E-state index is 12.7. The summed E-state index contributed by atoms with van der Waals surface area (Å²) in [7, 11) is 0. The van der Waals surface area contributed by atoms with Crippen LogP contribution in [-0.2, 0) is 4.79 Å². The molecule has 1 spiro atoms. The van der Waals surface area contributed by atoms with Crippen LogP contribution in [0.5, 0.6) is 0 Å². The monoisotopic (exact) mass is 299 g/mol. The Kier molecular flexibility index (Phi) is 3.21. The average molecular weight is 299 g/mol. The minimum atomic E-state index is -1.33. The second-order valence-corrected chi connectivity index (χ2v) is 6.89. The maximum Gasteiger partial charge on any atom is 0.195 e. The summed E-state index contributed by atoms with van der Waals surface area (Å²) in [6, 6.07) is 1.83. The predicted octanol–water partition coefficient (Wildman–Crippen LogP) is 2.34. The normalized spacial score (nSPS) is 30.4. The fourth-order valence-corrected chi connectivity index (χ4v) is 4.08. The van der Waals surface area contributed by atoms with Crippen molar-refractivity contribution < 1.29 is 15.0 Å². The van der Waals surface area contributed by atoms with E-state index in [0.717, 1.165) is 35.1 Å². The molecule has 0 aromatic carbocycles. The molecule has 3 aliphatic rings. The Morgan fingerprint density at radius 2 is 2.05 bits per heavy atom. The molecule has 1 fully saturated rings. The van der Waals surface area contributed by atoms with Crippen LogP contribution in [0.15, 0.2) is 33.9 Å². The van der Waals surface area contributed by atoms with Crippen molar-refractivity contribution in [2.24, 2.45) is 5.41 Å². The van der Waals surface area contributed by atoms with Gasteiger partial charge in [0.25, 0.3) is 0 Å². The molecular formula is C18H21NO3. The molecule has 0 aromatic rings. The summed E-state index contributed by atoms with van der Waals surface area (Å²) in [6.07, 6.45) is 3.46. The topological polar surface area (TPSA) is 81.3 Å². The third kappa shape index (κ3) is 1.79. The van der Waals surface area contributed by atoms with E-state index >= 15 is 0 Å². The molecule has 3 aliphatic carbocycles. The first-order chi connectivity index (χ1) is 10.3. The molecule has 0 aromatic heterocycles. The Balaban J connectivity index is 2.03. The van der Waals surface area contributed by atoms with E-state index in [2.05, 4.69) is 0 Å². The first-order valence-electron chi connectivity index (χ1n) is 7.74. The van der Waals surface area contributed by atoms with Gasteiger partial charge in [-0.15, -0.1) is 0 Å². The van der Waals surface area contributed by atoms with Gasteiger partial charge in [-0.2, -0.15) is 5.26 Å². The molecule has 1 unspecified atom stereocenters. The van der Waals surface area contributed by atoms with Gasteiger partial charge in [-0.3, -0.25) is 4.79 Å². The van der Waals surface area contributed by atoms with Crippen molar-refractivity contribution in [2.45, 2.75) is 58.2 Å². The average Bonchev–Trinajstić information content (AvgIpc) is 3.22. The second-order valence-electron chi connectivity index (χ2n) is 6.89. The summed E-state index contributed by atoms with van der Waals surface area (Å²) in [5, 5.41) is 29.0. The van der Waals surface area contributed by atoms with Crippen LogP contribution in [0.3, 0.4) is 0 Å². The molecule has 0 heterocycles. The van der Waals surface area contributed by atoms with E-state index in [-0.39, 0.29) is 5.78 Å². The lowest BCUT2D eigenvalue weighted by Gasteiger charge is -2.39. The van der Waals surface area contributed by atoms with Crippen molar-refractivity contribution in [1.29, 1.82) is 5.26 Å². The van der Waals surface area contributed by atoms with E-state index in [1.54, 1.807) is 6.92 Å². The highest BCUT2D eigenvalue weighted by Crippen LogP contribution is 2.65. The van der Waals surface area contributed by atoms with Gasteiger partial charge >= 0.3 is 0 Å². The van der Waals surface area contributed by atoms with Crippen LogP contribution in [0.2, 0.25) is 0 Å². The number of allylic oxidation sites excluding steroid dienone is 4. The largest absolute Gasteiger partial charge is 0.381 e. The fraction of sp³-hybridized carbons (Fsp3) is 0.556. The van der Waals surface area contributed by atoms with Gasteiger partial charge in [0.05, 0.1) is 6.07 Å². The number of Topliss-reactive ketones (excluding diaryl/α,β-unsaturated/α-hetero) is 1. The molecule has 0 radical (unpaired) electrons. The molecule has 4 nitrogen and oxygen atoms in total. The van der Waals surface area contributed by atoms with Crippen LogP contribution >= 0.6 is 0 Å². The third-order valence-corrected chi connectivity index (χ3v) is 5.69. The molecule has 0 amide bonds. The quantitative estimate of drug-likeness (QED) is 0.784. The van der Waals surface area contributed by atoms with Gasteiger partial charge in [0.2, 0.25) is 0 Å². The zero-order valence-corrected chi connectivity index (χ0v) is 13.2. The molecule has 0 saturated heterocycles. The SMILES string of the molecule is CC1=C(CCC(O)C#N)C2=C(C)C3(CC3)[C@@](C)(O)C(=O)C2=C1. The Bertz CT molecular complexity index is 696. The molecule has 0 aliphatic heterocycles. The van der Waals surface area contributed by atoms with E-state index in [4.69, 9.17) is 5.26 Å². The van der Waals surface area contributed by atoms with Crippen molar-refractivity contribution in [2.75, 3.05) is 0 Å². The number of ketones is 1. The number of hydrogen-bond donors (Lipinski definition) is 2. The molecule has 4 heteroatoms. The molecule has 22 heavy (non-hydrogen) atoms. The van der Waals surface area contributed by atoms with Gasteiger partial charge in [-0.1, -0.05) is 5.57 Å². The Morgan fingerprint density at radius 3 is 2.59 bits per heavy atom. The smallest absolute Gasteiger partial charge is 0.195 e. The lowest BCUT2D eigenvalue weighted by molar-refractivity contribution is -0.137. The number of nitrogens with zero attached hydrogens (tertiary/aromatic N) is 1. The van der Waals surface area contributed by atoms with Crippen LogP contribution in [0.25, 0.3) is 0 Å². The number of fused-ring (bicyclic) bond motifs is 1. The van der Waals surface area contributed by atoms with Crippen molar-refractivity contribution in [1.82, 2.24) is 0 Å². The summed E-state index contributed by atoms with van der Waals surface area (Å²) in [5.74, 6) is -0.194. The van der Waals surface area contributed by atoms with E-state index in [9.17, 15) is 15.0 Å². The van der Waals surface area contributed by atoms with Crippen LogP contribution in [0.4, 0.5) is 0 Å². The summed E-state index contributed by atoms with van der Waals surface area (Å²) in [5.41, 5.74) is 2.93. The predicted molar refractivity (Wildman–Crippen MR) is 81.6 cm³/mol. The van der Waals surface area contributed by atoms with Gasteiger partial charge < -0.3 is 10.2 Å². The summed E-state index contributed by atoms with van der Waals surface area (Å²) < 4.78 is 0. The molecule has 2 atom stereocenters. The molecule has 2 N–H and O–H groups in total. The van der Waals surface area contributed by atoms with Crippen molar-refractivity contribution in [3.8, 4) is 6.07 Å². The van der Waals surface area contributed by atoms with Crippen LogP contribution in [0.1, 0.15) is 46.5 Å². The van der Waals surface area contributed by atoms with Crippen molar-refractivity contribution in [3.05, 3.63) is 33.9 Å². The molecular weight excluding hydrogens is 278 g/mol. The lowest BCUT2D eigenvalue weighted by atomic mass is 9.67. The highest BCUT2D eigenvalue weighted by atomic mass is 16.3. The minimum absolute atomic E-state index is 0.194. The number of aliphatic hydroxyl groups is 2. The van der Waals surface area contributed by atoms with Gasteiger partial charge in [0.1, 0.15) is 11.7 Å². The highest BCUT2D eigenvalue weighted by Gasteiger charge is 2.64. The van der Waals surface area contributed by atoms with E-state index in [0.29, 0.717) is 18.4 Å². The van der Waals surface area contributed by atoms with Crippen LogP contribution in [0, 0.1) is 16.7 Å². The van der Waals surface area contributed by atoms with Gasteiger partial charge in [0.15, 0.2) is 5.78 Å². The summed E-state index contributed by atoms with van der Waals surface area (Å²) in [6.45, 7) is 5.59. The summed E-state index contributed by atoms with van der Waals surface area (Å²) >= 11 is 0. The lowest BCUT2D eigenvalue weighted by Crippen LogP contribution is -2.49. The third-order valence-electron chi connectivity index (χ3n) is 5.69. The molecule has 3 rings (SSSR count). The number of rotatable bonds is 3. The van der Waals surface area contributed by atoms with Crippen LogP contribution < -0.4 is 0 Å². The van der Waals surface area contributed by atoms with Crippen molar-refractivity contribution in [3.63, 3.8) is 0 Å². The van der Waals surface area contributed by atoms with E-state index in [1.165, 1.54) is 0 Å². The molecule has 0 bridgehead atoms. The number of carbonyl (C=O) groups excluding carboxylic acids is 1. The van der Waals surface area contributed by atoms with Gasteiger partial charge in [-0.25, -0.2) is 0 Å². The number of carbonyl (C=O) groups is 1. The van der Waals surface area contributed by atoms with Crippen LogP contribution in [-0.4, -0.2) is 27.7 Å². The van der Waals surface area contributed by atoms with E-state index in [1.807, 2.05) is 26.0 Å². The first-order valence-corrected chi connectivity index (χ1v) is 7.74. The Hall–Kier alpha value is -1.70. The maximum atomic E-state index is 12.7. The Labute approximate surface area is 130 Å². The number of nitriles is 1. The first kappa shape index (κ1) is 15.2. The van der Waals surface area contributed by atoms with E-state index < -0.39 is 17.1 Å². The van der Waals surface area contributed by atoms with Gasteiger partial charge in [-0.05, 0) is 69.2 Å². The molecule has 116 valence electrons. The summed E-state index contributed by atoms with van der Waals surface area (Å²) in [4.78, 5) is 12.7. The fourth-order valence-electron chi connectivity index (χ4n) is 4.08. The highest BCUT2D eigenvalue weighted by molar-refractivity contribution is 6.10. The van der Waals surface area contributed by atoms with Gasteiger partial charge in [0, 0.05) is 11.0 Å². The molecule has 1 saturated carbocycles. The number of aliphatic hydroxyl groups excluding tert-OH is 1. The zero-order chi connectivity index (χ0) is 16.3. The van der Waals surface area contributed by atoms with Crippen molar-refractivity contribution >= 4 is 5.78 Å². The number of hydrogen-bond acceptors (Lipinski definition) is 4. The Morgan fingerprint density at radius 1 is 1.41 bits per heavy atom. The zero-order valence-electron chi connectivity index (χ0n) is 13.2. The standard InChI is InChI=1S/C18H21NO3/c1-10-8-14-15(13(10)5-4-12(20)9-19)11(2)18(6-7-18)17(3,22)16(14)21/h8,12,20,22H,4-7H2,1-3H3/t12?,17-/m0/s1. The second kappa shape index (κ2) is 4.65.